The van der Waals surface area contributed by atoms with E-state index in [0.29, 0.717) is 28.8 Å². The van der Waals surface area contributed by atoms with Crippen LogP contribution in [0.4, 0.5) is 11.6 Å². The van der Waals surface area contributed by atoms with Crippen LogP contribution in [0.2, 0.25) is 5.02 Å². The second kappa shape index (κ2) is 7.80. The Morgan fingerprint density at radius 1 is 1.32 bits per heavy atom. The van der Waals surface area contributed by atoms with Crippen LogP contribution in [0.5, 0.6) is 0 Å². The van der Waals surface area contributed by atoms with Crippen molar-refractivity contribution in [3.05, 3.63) is 46.2 Å². The van der Waals surface area contributed by atoms with Gasteiger partial charge in [0.25, 0.3) is 5.91 Å². The summed E-state index contributed by atoms with van der Waals surface area (Å²) in [5, 5.41) is 6.47. The lowest BCUT2D eigenvalue weighted by atomic mass is 10.1. The number of carbonyl (C=O) groups is 1. The van der Waals surface area contributed by atoms with Crippen molar-refractivity contribution in [2.24, 2.45) is 0 Å². The van der Waals surface area contributed by atoms with Gasteiger partial charge in [0.05, 0.1) is 22.4 Å². The van der Waals surface area contributed by atoms with Crippen molar-refractivity contribution in [2.75, 3.05) is 23.8 Å². The largest absolute Gasteiger partial charge is 0.376 e. The summed E-state index contributed by atoms with van der Waals surface area (Å²) in [6.45, 7) is 5.35. The molecule has 132 valence electrons. The van der Waals surface area contributed by atoms with Crippen molar-refractivity contribution in [1.29, 1.82) is 0 Å². The molecule has 7 heteroatoms. The van der Waals surface area contributed by atoms with Gasteiger partial charge >= 0.3 is 0 Å². The quantitative estimate of drug-likeness (QED) is 0.852. The number of benzene rings is 1. The highest BCUT2D eigenvalue weighted by molar-refractivity contribution is 6.34. The van der Waals surface area contributed by atoms with Crippen LogP contribution in [0.25, 0.3) is 0 Å². The molecule has 1 aliphatic rings. The lowest BCUT2D eigenvalue weighted by Crippen LogP contribution is -2.20. The van der Waals surface area contributed by atoms with E-state index in [1.54, 1.807) is 0 Å². The lowest BCUT2D eigenvalue weighted by Gasteiger charge is -2.12. The Balaban J connectivity index is 1.62. The van der Waals surface area contributed by atoms with Gasteiger partial charge in [0.1, 0.15) is 0 Å². The molecule has 0 saturated carbocycles. The first kappa shape index (κ1) is 17.6. The van der Waals surface area contributed by atoms with Gasteiger partial charge in [-0.1, -0.05) is 17.7 Å². The Kier molecular flexibility index (Phi) is 5.50. The van der Waals surface area contributed by atoms with Crippen molar-refractivity contribution in [2.45, 2.75) is 32.8 Å². The van der Waals surface area contributed by atoms with E-state index in [1.807, 2.05) is 26.0 Å². The predicted octanol–water partition coefficient (Wildman–Crippen LogP) is 3.59. The summed E-state index contributed by atoms with van der Waals surface area (Å²) in [6, 6.07) is 3.79. The molecule has 2 heterocycles. The number of ether oxygens (including phenoxy) is 1. The van der Waals surface area contributed by atoms with Crippen molar-refractivity contribution in [1.82, 2.24) is 9.97 Å². The van der Waals surface area contributed by atoms with E-state index in [4.69, 9.17) is 16.3 Å². The number of halogens is 1. The Bertz CT molecular complexity index is 735. The van der Waals surface area contributed by atoms with E-state index >= 15 is 0 Å². The molecule has 1 saturated heterocycles. The minimum atomic E-state index is -0.292. The number of nitrogens with zero attached hydrogens (tertiary/aromatic N) is 2. The third kappa shape index (κ3) is 4.46. The normalized spacial score (nSPS) is 16.7. The van der Waals surface area contributed by atoms with E-state index in [9.17, 15) is 4.79 Å². The molecule has 2 aromatic rings. The first-order chi connectivity index (χ1) is 12.0. The van der Waals surface area contributed by atoms with Crippen LogP contribution in [0.15, 0.2) is 24.5 Å². The van der Waals surface area contributed by atoms with Crippen LogP contribution < -0.4 is 10.6 Å². The van der Waals surface area contributed by atoms with Gasteiger partial charge in [0.2, 0.25) is 5.95 Å². The van der Waals surface area contributed by atoms with Gasteiger partial charge in [-0.2, -0.15) is 0 Å². The standard InChI is InChI=1S/C18H21ClN4O2/c1-11-6-12(2)16(15(19)7-11)23-17(24)13-8-20-18(21-9-13)22-10-14-4-3-5-25-14/h6-9,14H,3-5,10H2,1-2H3,(H,23,24)(H,20,21,22). The lowest BCUT2D eigenvalue weighted by molar-refractivity contribution is 0.102. The fourth-order valence-electron chi connectivity index (χ4n) is 2.81. The molecule has 0 aliphatic carbocycles. The summed E-state index contributed by atoms with van der Waals surface area (Å²) in [5.74, 6) is 0.191. The van der Waals surface area contributed by atoms with Crippen molar-refractivity contribution < 1.29 is 9.53 Å². The van der Waals surface area contributed by atoms with E-state index < -0.39 is 0 Å². The van der Waals surface area contributed by atoms with Gasteiger partial charge in [-0.3, -0.25) is 4.79 Å². The Morgan fingerprint density at radius 3 is 2.72 bits per heavy atom. The van der Waals surface area contributed by atoms with Gasteiger partial charge in [0.15, 0.2) is 0 Å². The molecule has 6 nitrogen and oxygen atoms in total. The van der Waals surface area contributed by atoms with Gasteiger partial charge in [-0.05, 0) is 43.9 Å². The Hall–Kier alpha value is -2.18. The molecule has 25 heavy (non-hydrogen) atoms. The first-order valence-electron chi connectivity index (χ1n) is 8.28. The zero-order valence-electron chi connectivity index (χ0n) is 14.3. The maximum absolute atomic E-state index is 12.4. The molecule has 1 amide bonds. The van der Waals surface area contributed by atoms with E-state index in [-0.39, 0.29) is 12.0 Å². The molecular formula is C18H21ClN4O2. The molecule has 1 aromatic heterocycles. The number of aryl methyl sites for hydroxylation is 2. The zero-order chi connectivity index (χ0) is 17.8. The molecule has 2 N–H and O–H groups in total. The minimum Gasteiger partial charge on any atom is -0.376 e. The van der Waals surface area contributed by atoms with Crippen LogP contribution in [-0.2, 0) is 4.74 Å². The summed E-state index contributed by atoms with van der Waals surface area (Å²) in [4.78, 5) is 20.8. The highest BCUT2D eigenvalue weighted by Crippen LogP contribution is 2.27. The molecule has 1 fully saturated rings. The molecule has 1 unspecified atom stereocenters. The number of hydrogen-bond donors (Lipinski definition) is 2. The fraction of sp³-hybridized carbons (Fsp3) is 0.389. The highest BCUT2D eigenvalue weighted by Gasteiger charge is 2.16. The number of anilines is 2. The number of amides is 1. The topological polar surface area (TPSA) is 76.1 Å². The molecule has 0 bridgehead atoms. The maximum Gasteiger partial charge on any atom is 0.258 e. The second-order valence-corrected chi connectivity index (χ2v) is 6.61. The van der Waals surface area contributed by atoms with Crippen LogP contribution in [0.3, 0.4) is 0 Å². The van der Waals surface area contributed by atoms with Crippen molar-refractivity contribution in [3.8, 4) is 0 Å². The third-order valence-electron chi connectivity index (χ3n) is 4.10. The van der Waals surface area contributed by atoms with E-state index in [0.717, 1.165) is 30.6 Å². The summed E-state index contributed by atoms with van der Waals surface area (Å²) in [5.41, 5.74) is 2.94. The van der Waals surface area contributed by atoms with Crippen LogP contribution in [0.1, 0.15) is 34.3 Å². The smallest absolute Gasteiger partial charge is 0.258 e. The fourth-order valence-corrected chi connectivity index (χ4v) is 3.18. The monoisotopic (exact) mass is 360 g/mol. The third-order valence-corrected chi connectivity index (χ3v) is 4.39. The summed E-state index contributed by atoms with van der Waals surface area (Å²) >= 11 is 6.23. The first-order valence-corrected chi connectivity index (χ1v) is 8.66. The van der Waals surface area contributed by atoms with Crippen LogP contribution in [-0.4, -0.2) is 35.1 Å². The summed E-state index contributed by atoms with van der Waals surface area (Å²) < 4.78 is 5.54. The van der Waals surface area contributed by atoms with Crippen LogP contribution >= 0.6 is 11.6 Å². The van der Waals surface area contributed by atoms with Crippen molar-refractivity contribution in [3.63, 3.8) is 0 Å². The highest BCUT2D eigenvalue weighted by atomic mass is 35.5. The number of carbonyl (C=O) groups excluding carboxylic acids is 1. The van der Waals surface area contributed by atoms with E-state index in [1.165, 1.54) is 12.4 Å². The molecule has 0 spiro atoms. The number of nitrogens with one attached hydrogen (secondary N) is 2. The van der Waals surface area contributed by atoms with Gasteiger partial charge < -0.3 is 15.4 Å². The van der Waals surface area contributed by atoms with Gasteiger partial charge in [0, 0.05) is 25.5 Å². The minimum absolute atomic E-state index is 0.207. The number of hydrogen-bond acceptors (Lipinski definition) is 5. The second-order valence-electron chi connectivity index (χ2n) is 6.20. The Labute approximate surface area is 152 Å². The molecule has 0 radical (unpaired) electrons. The summed E-state index contributed by atoms with van der Waals surface area (Å²) in [6.07, 6.45) is 5.34. The molecule has 3 rings (SSSR count). The average Bonchev–Trinajstić information content (AvgIpc) is 3.10. The van der Waals surface area contributed by atoms with E-state index in [2.05, 4.69) is 20.6 Å². The SMILES string of the molecule is Cc1cc(C)c(NC(=O)c2cnc(NCC3CCCO3)nc2)c(Cl)c1. The molecule has 1 aromatic carbocycles. The summed E-state index contributed by atoms with van der Waals surface area (Å²) in [7, 11) is 0. The van der Waals surface area contributed by atoms with Gasteiger partial charge in [-0.25, -0.2) is 9.97 Å². The zero-order valence-corrected chi connectivity index (χ0v) is 15.1. The van der Waals surface area contributed by atoms with Crippen LogP contribution in [0, 0.1) is 13.8 Å². The Morgan fingerprint density at radius 2 is 2.08 bits per heavy atom. The average molecular weight is 361 g/mol. The number of rotatable bonds is 5. The molecule has 1 atom stereocenters. The number of aromatic nitrogens is 2. The molecular weight excluding hydrogens is 340 g/mol. The predicted molar refractivity (Wildman–Crippen MR) is 98.4 cm³/mol. The van der Waals surface area contributed by atoms with Gasteiger partial charge in [-0.15, -0.1) is 0 Å². The molecule has 1 aliphatic heterocycles. The van der Waals surface area contributed by atoms with Crippen molar-refractivity contribution >= 4 is 29.1 Å². The maximum atomic E-state index is 12.4.